The minimum atomic E-state index is -4.88. The lowest BCUT2D eigenvalue weighted by atomic mass is 9.57. The summed E-state index contributed by atoms with van der Waals surface area (Å²) in [5, 5.41) is 47.1. The van der Waals surface area contributed by atoms with Crippen molar-refractivity contribution in [1.82, 2.24) is 10.2 Å². The van der Waals surface area contributed by atoms with E-state index in [0.29, 0.717) is 0 Å². The molecule has 4 rings (SSSR count). The van der Waals surface area contributed by atoms with Crippen LogP contribution in [0.25, 0.3) is 5.76 Å². The Balaban J connectivity index is 1.98. The number of aliphatic hydroxyl groups excluding tert-OH is 2. The number of ketones is 2. The number of aliphatic hydroxyl groups is 3. The number of likely N-dealkylation sites (N-methyl/N-ethyl adjacent to an activating group) is 1. The number of nitrogens with one attached hydrogen (secondary N) is 1. The van der Waals surface area contributed by atoms with Gasteiger partial charge in [0.2, 0.25) is 5.78 Å². The predicted molar refractivity (Wildman–Crippen MR) is 131 cm³/mol. The second-order valence-electron chi connectivity index (χ2n) is 10.8. The number of hydrogen-bond acceptors (Lipinski definition) is 9. The summed E-state index contributed by atoms with van der Waals surface area (Å²) >= 11 is 0. The van der Waals surface area contributed by atoms with Gasteiger partial charge in [-0.05, 0) is 50.0 Å². The minimum absolute atomic E-state index is 0.171. The number of aromatic hydroxyl groups is 1. The summed E-state index contributed by atoms with van der Waals surface area (Å²) in [4.78, 5) is 40.2. The largest absolute Gasteiger partial charge is 0.508 e. The van der Waals surface area contributed by atoms with E-state index in [-0.39, 0.29) is 24.6 Å². The van der Waals surface area contributed by atoms with Gasteiger partial charge in [0.15, 0.2) is 11.4 Å². The van der Waals surface area contributed by atoms with Crippen molar-refractivity contribution in [3.05, 3.63) is 45.2 Å². The smallest absolute Gasteiger partial charge is 0.417 e. The van der Waals surface area contributed by atoms with Gasteiger partial charge in [-0.25, -0.2) is 0 Å². The Morgan fingerprint density at radius 3 is 2.36 bits per heavy atom. The highest BCUT2D eigenvalue weighted by Crippen LogP contribution is 2.54. The van der Waals surface area contributed by atoms with Crippen LogP contribution in [0.15, 0.2) is 23.0 Å². The van der Waals surface area contributed by atoms with E-state index in [1.165, 1.54) is 19.0 Å². The molecule has 13 heteroatoms. The van der Waals surface area contributed by atoms with Crippen molar-refractivity contribution in [1.29, 1.82) is 0 Å². The maximum atomic E-state index is 14.4. The lowest BCUT2D eigenvalue weighted by Gasteiger charge is -2.50. The van der Waals surface area contributed by atoms with Crippen LogP contribution in [0, 0.1) is 11.8 Å². The van der Waals surface area contributed by atoms with E-state index in [1.54, 1.807) is 13.8 Å². The topological polar surface area (TPSA) is 173 Å². The number of nitrogens with zero attached hydrogens (tertiary/aromatic N) is 1. The van der Waals surface area contributed by atoms with Crippen molar-refractivity contribution in [2.75, 3.05) is 14.1 Å². The Morgan fingerprint density at radius 2 is 1.85 bits per heavy atom. The first-order valence-corrected chi connectivity index (χ1v) is 12.3. The third-order valence-electron chi connectivity index (χ3n) is 7.79. The molecule has 4 atom stereocenters. The molecule has 0 radical (unpaired) electrons. The second-order valence-corrected chi connectivity index (χ2v) is 10.8. The number of phenolic OH excluding ortho intramolecular Hbond substituents is 1. The number of nitrogens with two attached hydrogens (primary N) is 1. The summed E-state index contributed by atoms with van der Waals surface area (Å²) in [6.45, 7) is 3.24. The van der Waals surface area contributed by atoms with Crippen LogP contribution in [-0.2, 0) is 33.5 Å². The first-order valence-electron chi connectivity index (χ1n) is 12.3. The minimum Gasteiger partial charge on any atom is -0.508 e. The van der Waals surface area contributed by atoms with Gasteiger partial charge in [-0.1, -0.05) is 13.8 Å². The Labute approximate surface area is 221 Å². The third kappa shape index (κ3) is 4.19. The molecule has 3 aliphatic carbocycles. The zero-order chi connectivity index (χ0) is 29.4. The van der Waals surface area contributed by atoms with Crippen LogP contribution < -0.4 is 11.1 Å². The number of primary amides is 1. The zero-order valence-corrected chi connectivity index (χ0v) is 21.7. The Hall–Kier alpha value is -3.42. The highest BCUT2D eigenvalue weighted by atomic mass is 19.4. The SMILES string of the molecule is CC(C)NCc1cc(O)c2c(c1C(F)(F)F)C[C@H]1C[C@H]3[C@H](N(C)C)C(=O)C(C(N)=O)=C(O)[C@@]3(O)C(=O)C1=C2O. The second kappa shape index (κ2) is 9.35. The van der Waals surface area contributed by atoms with E-state index < -0.39 is 98.7 Å². The standard InChI is InChI=1S/C26H30F3N3O7/c1-9(2)31-8-11-7-14(33)16-12(18(11)26(27,28)29)5-10-6-13-19(32(3)4)21(35)17(24(30)38)23(37)25(13,39)22(36)15(10)20(16)34/h7,9-10,13,19,31,33-34,37,39H,5-6,8H2,1-4H3,(H2,30,38)/t10-,13-,19-,25-/m0/s1. The van der Waals surface area contributed by atoms with Gasteiger partial charge in [0.25, 0.3) is 5.91 Å². The van der Waals surface area contributed by atoms with Crippen LogP contribution in [0.1, 0.15) is 42.5 Å². The molecule has 0 unspecified atom stereocenters. The molecular formula is C26H30F3N3O7. The number of phenols is 1. The molecule has 1 fully saturated rings. The monoisotopic (exact) mass is 553 g/mol. The maximum absolute atomic E-state index is 14.4. The highest BCUT2D eigenvalue weighted by molar-refractivity contribution is 6.24. The average molecular weight is 554 g/mol. The first-order chi connectivity index (χ1) is 17.9. The maximum Gasteiger partial charge on any atom is 0.417 e. The van der Waals surface area contributed by atoms with Gasteiger partial charge < -0.3 is 31.5 Å². The van der Waals surface area contributed by atoms with Crippen LogP contribution in [0.3, 0.4) is 0 Å². The van der Waals surface area contributed by atoms with Gasteiger partial charge in [0, 0.05) is 24.1 Å². The molecule has 0 bridgehead atoms. The summed E-state index contributed by atoms with van der Waals surface area (Å²) in [7, 11) is 2.86. The molecule has 7 N–H and O–H groups in total. The van der Waals surface area contributed by atoms with E-state index in [1.807, 2.05) is 0 Å². The molecular weight excluding hydrogens is 523 g/mol. The van der Waals surface area contributed by atoms with Gasteiger partial charge in [-0.2, -0.15) is 13.2 Å². The summed E-state index contributed by atoms with van der Waals surface area (Å²) in [5.41, 5.74) is -1.43. The summed E-state index contributed by atoms with van der Waals surface area (Å²) < 4.78 is 43.2. The van der Waals surface area contributed by atoms with Crippen LogP contribution in [0.2, 0.25) is 0 Å². The molecule has 0 saturated heterocycles. The Morgan fingerprint density at radius 1 is 1.23 bits per heavy atom. The van der Waals surface area contributed by atoms with Gasteiger partial charge in [-0.3, -0.25) is 19.3 Å². The van der Waals surface area contributed by atoms with E-state index >= 15 is 0 Å². The number of fused-ring (bicyclic) bond motifs is 3. The molecule has 212 valence electrons. The quantitative estimate of drug-likeness (QED) is 0.295. The molecule has 39 heavy (non-hydrogen) atoms. The normalized spacial score (nSPS) is 27.2. The van der Waals surface area contributed by atoms with Gasteiger partial charge in [-0.15, -0.1) is 0 Å². The van der Waals surface area contributed by atoms with Crippen LogP contribution in [0.5, 0.6) is 5.75 Å². The van der Waals surface area contributed by atoms with Crippen LogP contribution in [0.4, 0.5) is 13.2 Å². The first kappa shape index (κ1) is 28.6. The van der Waals surface area contributed by atoms with Crippen molar-refractivity contribution in [2.45, 2.75) is 57.1 Å². The number of halogens is 3. The van der Waals surface area contributed by atoms with Gasteiger partial charge in [0.05, 0.1) is 17.2 Å². The molecule has 1 saturated carbocycles. The summed E-state index contributed by atoms with van der Waals surface area (Å²) in [6.07, 6.45) is -5.64. The van der Waals surface area contributed by atoms with Crippen molar-refractivity contribution < 1.29 is 48.0 Å². The average Bonchev–Trinajstić information content (AvgIpc) is 2.78. The molecule has 1 aromatic rings. The Bertz CT molecular complexity index is 1350. The number of Topliss-reactive ketones (excluding diaryl/α,β-unsaturated/α-hetero) is 2. The summed E-state index contributed by atoms with van der Waals surface area (Å²) in [6, 6.07) is -0.641. The number of alkyl halides is 3. The molecule has 0 aliphatic heterocycles. The molecule has 0 spiro atoms. The fraction of sp³-hybridized carbons (Fsp3) is 0.500. The molecule has 1 aromatic carbocycles. The zero-order valence-electron chi connectivity index (χ0n) is 21.7. The van der Waals surface area contributed by atoms with Gasteiger partial charge >= 0.3 is 6.18 Å². The number of benzene rings is 1. The lowest BCUT2D eigenvalue weighted by Crippen LogP contribution is -2.65. The van der Waals surface area contributed by atoms with Crippen molar-refractivity contribution in [2.24, 2.45) is 17.6 Å². The fourth-order valence-corrected chi connectivity index (χ4v) is 6.19. The molecule has 3 aliphatic rings. The molecule has 10 nitrogen and oxygen atoms in total. The molecule has 1 amide bonds. The van der Waals surface area contributed by atoms with E-state index in [2.05, 4.69) is 5.32 Å². The Kier molecular flexibility index (Phi) is 6.85. The summed E-state index contributed by atoms with van der Waals surface area (Å²) in [5.74, 6) is -9.06. The highest BCUT2D eigenvalue weighted by Gasteiger charge is 2.64. The van der Waals surface area contributed by atoms with Crippen molar-refractivity contribution in [3.8, 4) is 5.75 Å². The van der Waals surface area contributed by atoms with E-state index in [4.69, 9.17) is 5.73 Å². The number of carbonyl (C=O) groups excluding carboxylic acids is 3. The predicted octanol–water partition coefficient (Wildman–Crippen LogP) is 1.48. The molecule has 0 heterocycles. The number of amides is 1. The van der Waals surface area contributed by atoms with E-state index in [9.17, 15) is 48.0 Å². The van der Waals surface area contributed by atoms with Crippen molar-refractivity contribution >= 4 is 23.2 Å². The van der Waals surface area contributed by atoms with Gasteiger partial charge in [0.1, 0.15) is 22.8 Å². The van der Waals surface area contributed by atoms with Crippen LogP contribution in [-0.4, -0.2) is 74.6 Å². The fourth-order valence-electron chi connectivity index (χ4n) is 6.19. The van der Waals surface area contributed by atoms with Crippen LogP contribution >= 0.6 is 0 Å². The molecule has 0 aromatic heterocycles. The lowest BCUT2D eigenvalue weighted by molar-refractivity contribution is -0.153. The van der Waals surface area contributed by atoms with E-state index in [0.717, 1.165) is 6.07 Å². The number of rotatable bonds is 5. The third-order valence-corrected chi connectivity index (χ3v) is 7.79. The number of hydrogen-bond donors (Lipinski definition) is 6. The number of carbonyl (C=O) groups is 3. The van der Waals surface area contributed by atoms with Crippen molar-refractivity contribution in [3.63, 3.8) is 0 Å².